The van der Waals surface area contributed by atoms with E-state index in [4.69, 9.17) is 20.8 Å². The summed E-state index contributed by atoms with van der Waals surface area (Å²) in [5, 5.41) is 16.6. The van der Waals surface area contributed by atoms with Gasteiger partial charge in [-0.1, -0.05) is 41.9 Å². The monoisotopic (exact) mass is 515 g/mol. The number of aromatic nitrogens is 4. The Morgan fingerprint density at radius 3 is 2.59 bits per heavy atom. The average molecular weight is 516 g/mol. The van der Waals surface area contributed by atoms with Gasteiger partial charge in [-0.25, -0.2) is 5.10 Å². The molecule has 0 saturated carbocycles. The van der Waals surface area contributed by atoms with Crippen LogP contribution in [0.2, 0.25) is 5.02 Å². The van der Waals surface area contributed by atoms with Gasteiger partial charge in [-0.3, -0.25) is 9.59 Å². The lowest BCUT2D eigenvalue weighted by molar-refractivity contribution is 0.102. The molecule has 0 aliphatic heterocycles. The maximum absolute atomic E-state index is 13.0. The van der Waals surface area contributed by atoms with Crippen LogP contribution in [0.5, 0.6) is 5.75 Å². The van der Waals surface area contributed by atoms with Gasteiger partial charge in [0.2, 0.25) is 5.82 Å². The molecule has 0 aliphatic rings. The molecule has 0 fully saturated rings. The first-order valence-corrected chi connectivity index (χ1v) is 12.0. The highest BCUT2D eigenvalue weighted by Gasteiger charge is 2.16. The second kappa shape index (κ2) is 11.0. The number of tetrazole rings is 1. The van der Waals surface area contributed by atoms with Crippen LogP contribution in [0.1, 0.15) is 28.8 Å². The highest BCUT2D eigenvalue weighted by atomic mass is 35.5. The first-order chi connectivity index (χ1) is 18.1. The second-order valence-electron chi connectivity index (χ2n) is 8.32. The van der Waals surface area contributed by atoms with Crippen molar-refractivity contribution in [2.75, 3.05) is 11.9 Å². The molecule has 2 heterocycles. The number of hydrogen-bond donors (Lipinski definition) is 2. The number of nitrogens with zero attached hydrogens (tertiary/aromatic N) is 3. The molecule has 1 amide bonds. The molecule has 10 heteroatoms. The molecule has 2 N–H and O–H groups in total. The second-order valence-corrected chi connectivity index (χ2v) is 8.76. The van der Waals surface area contributed by atoms with Gasteiger partial charge in [0.1, 0.15) is 5.75 Å². The molecular weight excluding hydrogens is 494 g/mol. The molecule has 2 aromatic heterocycles. The standard InChI is InChI=1S/C27H22ClN5O4/c28-19-14-21-23(34)16-24(26-30-32-33-31-26)37-25(21)22(15-19)29-27(35)18-9-11-20(12-10-18)36-13-5-4-8-17-6-2-1-3-7-17/h1-3,6-7,9-12,14-16H,4-5,8,13H2,(H,29,35)(H,30,31,32,33). The summed E-state index contributed by atoms with van der Waals surface area (Å²) in [6, 6.07) is 21.4. The smallest absolute Gasteiger partial charge is 0.255 e. The van der Waals surface area contributed by atoms with Crippen LogP contribution in [-0.4, -0.2) is 33.1 Å². The molecule has 186 valence electrons. The van der Waals surface area contributed by atoms with Crippen molar-refractivity contribution >= 4 is 34.2 Å². The molecule has 0 unspecified atom stereocenters. The molecule has 9 nitrogen and oxygen atoms in total. The van der Waals surface area contributed by atoms with Crippen molar-refractivity contribution in [1.29, 1.82) is 0 Å². The Balaban J connectivity index is 1.25. The van der Waals surface area contributed by atoms with Crippen molar-refractivity contribution in [3.05, 3.63) is 99.2 Å². The van der Waals surface area contributed by atoms with Crippen LogP contribution in [-0.2, 0) is 6.42 Å². The van der Waals surface area contributed by atoms with Gasteiger partial charge in [0.05, 0.1) is 17.7 Å². The van der Waals surface area contributed by atoms with E-state index in [1.807, 2.05) is 18.2 Å². The Morgan fingerprint density at radius 2 is 1.84 bits per heavy atom. The molecule has 0 spiro atoms. The SMILES string of the molecule is O=C(Nc1cc(Cl)cc2c(=O)cc(-c3nnn[nH]3)oc12)c1ccc(OCCCCc2ccccc2)cc1. The van der Waals surface area contributed by atoms with E-state index >= 15 is 0 Å². The number of H-pyrrole nitrogens is 1. The summed E-state index contributed by atoms with van der Waals surface area (Å²) in [5.41, 5.74) is 1.78. The van der Waals surface area contributed by atoms with E-state index in [0.717, 1.165) is 19.3 Å². The quantitative estimate of drug-likeness (QED) is 0.256. The minimum absolute atomic E-state index is 0.130. The van der Waals surface area contributed by atoms with Crippen LogP contribution in [0, 0.1) is 0 Å². The Hall–Kier alpha value is -4.50. The van der Waals surface area contributed by atoms with Gasteiger partial charge in [-0.05, 0) is 71.7 Å². The first-order valence-electron chi connectivity index (χ1n) is 11.7. The van der Waals surface area contributed by atoms with Crippen LogP contribution < -0.4 is 15.5 Å². The lowest BCUT2D eigenvalue weighted by Gasteiger charge is -2.10. The van der Waals surface area contributed by atoms with E-state index in [2.05, 4.69) is 38.1 Å². The summed E-state index contributed by atoms with van der Waals surface area (Å²) < 4.78 is 11.7. The summed E-state index contributed by atoms with van der Waals surface area (Å²) in [6.45, 7) is 0.592. The third-order valence-electron chi connectivity index (χ3n) is 5.71. The van der Waals surface area contributed by atoms with E-state index in [1.165, 1.54) is 23.8 Å². The van der Waals surface area contributed by atoms with Crippen molar-refractivity contribution in [3.63, 3.8) is 0 Å². The van der Waals surface area contributed by atoms with E-state index in [9.17, 15) is 9.59 Å². The fraction of sp³-hybridized carbons (Fsp3) is 0.148. The normalized spacial score (nSPS) is 10.9. The highest BCUT2D eigenvalue weighted by Crippen LogP contribution is 2.29. The van der Waals surface area contributed by atoms with Gasteiger partial charge in [-0.2, -0.15) is 0 Å². The highest BCUT2D eigenvalue weighted by molar-refractivity contribution is 6.32. The zero-order valence-electron chi connectivity index (χ0n) is 19.6. The lowest BCUT2D eigenvalue weighted by Crippen LogP contribution is -2.13. The fourth-order valence-corrected chi connectivity index (χ4v) is 4.08. The number of carbonyl (C=O) groups excluding carboxylic acids is 1. The van der Waals surface area contributed by atoms with Gasteiger partial charge >= 0.3 is 0 Å². The van der Waals surface area contributed by atoms with Gasteiger partial charge < -0.3 is 14.5 Å². The molecule has 0 radical (unpaired) electrons. The number of amides is 1. The minimum atomic E-state index is -0.396. The summed E-state index contributed by atoms with van der Waals surface area (Å²) in [4.78, 5) is 25.6. The van der Waals surface area contributed by atoms with Crippen molar-refractivity contribution in [1.82, 2.24) is 20.6 Å². The molecule has 5 aromatic rings. The number of carbonyl (C=O) groups is 1. The Bertz CT molecular complexity index is 1570. The van der Waals surface area contributed by atoms with E-state index < -0.39 is 5.91 Å². The number of aryl methyl sites for hydroxylation is 1. The molecule has 5 rings (SSSR count). The molecule has 0 saturated heterocycles. The maximum atomic E-state index is 13.0. The van der Waals surface area contributed by atoms with Crippen molar-refractivity contribution in [3.8, 4) is 17.3 Å². The Morgan fingerprint density at radius 1 is 1.03 bits per heavy atom. The number of hydrogen-bond acceptors (Lipinski definition) is 7. The van der Waals surface area contributed by atoms with E-state index in [0.29, 0.717) is 17.9 Å². The number of fused-ring (bicyclic) bond motifs is 1. The first kappa shape index (κ1) is 24.2. The van der Waals surface area contributed by atoms with Gasteiger partial charge in [0, 0.05) is 16.7 Å². The molecule has 0 atom stereocenters. The molecule has 3 aromatic carbocycles. The average Bonchev–Trinajstić information content (AvgIpc) is 3.45. The number of rotatable bonds is 9. The summed E-state index contributed by atoms with van der Waals surface area (Å²) >= 11 is 6.20. The fourth-order valence-electron chi connectivity index (χ4n) is 3.86. The van der Waals surface area contributed by atoms with Crippen molar-refractivity contribution in [2.45, 2.75) is 19.3 Å². The van der Waals surface area contributed by atoms with Crippen molar-refractivity contribution in [2.24, 2.45) is 0 Å². The third kappa shape index (κ3) is 5.84. The number of nitrogens with one attached hydrogen (secondary N) is 2. The van der Waals surface area contributed by atoms with Crippen molar-refractivity contribution < 1.29 is 13.9 Å². The zero-order valence-corrected chi connectivity index (χ0v) is 20.4. The molecule has 37 heavy (non-hydrogen) atoms. The number of ether oxygens (including phenoxy) is 1. The van der Waals surface area contributed by atoms with Crippen LogP contribution in [0.4, 0.5) is 5.69 Å². The van der Waals surface area contributed by atoms with Crippen LogP contribution in [0.25, 0.3) is 22.6 Å². The van der Waals surface area contributed by atoms with E-state index in [1.54, 1.807) is 24.3 Å². The Kier molecular flexibility index (Phi) is 7.23. The third-order valence-corrected chi connectivity index (χ3v) is 5.93. The maximum Gasteiger partial charge on any atom is 0.255 e. The number of unbranched alkanes of at least 4 members (excludes halogenated alkanes) is 1. The summed E-state index contributed by atoms with van der Waals surface area (Å²) in [7, 11) is 0. The predicted molar refractivity (Wildman–Crippen MR) is 140 cm³/mol. The summed E-state index contributed by atoms with van der Waals surface area (Å²) in [5.74, 6) is 0.598. The number of halogens is 1. The molecule has 0 bridgehead atoms. The molecule has 0 aliphatic carbocycles. The van der Waals surface area contributed by atoms with E-state index in [-0.39, 0.29) is 38.7 Å². The Labute approximate surface area is 216 Å². The minimum Gasteiger partial charge on any atom is -0.494 e. The van der Waals surface area contributed by atoms with Gasteiger partial charge in [0.15, 0.2) is 16.8 Å². The summed E-state index contributed by atoms with van der Waals surface area (Å²) in [6.07, 6.45) is 2.97. The number of aromatic amines is 1. The zero-order chi connectivity index (χ0) is 25.6. The van der Waals surface area contributed by atoms with Crippen LogP contribution in [0.3, 0.4) is 0 Å². The predicted octanol–water partition coefficient (Wildman–Crippen LogP) is 5.28. The van der Waals surface area contributed by atoms with Gasteiger partial charge in [0.25, 0.3) is 5.91 Å². The lowest BCUT2D eigenvalue weighted by atomic mass is 10.1. The van der Waals surface area contributed by atoms with Gasteiger partial charge in [-0.15, -0.1) is 5.10 Å². The topological polar surface area (TPSA) is 123 Å². The number of benzene rings is 3. The van der Waals surface area contributed by atoms with Crippen LogP contribution in [0.15, 0.2) is 82.0 Å². The number of anilines is 1. The molecular formula is C27H22ClN5O4. The van der Waals surface area contributed by atoms with Crippen LogP contribution >= 0.6 is 11.6 Å². The largest absolute Gasteiger partial charge is 0.494 e.